The Morgan fingerprint density at radius 2 is 1.79 bits per heavy atom. The molecule has 1 saturated carbocycles. The van der Waals surface area contributed by atoms with Crippen LogP contribution in [0.2, 0.25) is 5.02 Å². The summed E-state index contributed by atoms with van der Waals surface area (Å²) in [5.41, 5.74) is 5.28. The number of rotatable bonds is 9. The summed E-state index contributed by atoms with van der Waals surface area (Å²) >= 11 is 8.69. The van der Waals surface area contributed by atoms with Gasteiger partial charge in [-0.2, -0.15) is 0 Å². The van der Waals surface area contributed by atoms with Gasteiger partial charge in [-0.15, -0.1) is 17.8 Å². The summed E-state index contributed by atoms with van der Waals surface area (Å²) in [4.78, 5) is 3.53. The maximum absolute atomic E-state index is 6.97. The molecule has 1 aliphatic carbocycles. The van der Waals surface area contributed by atoms with Crippen molar-refractivity contribution >= 4 is 38.7 Å². The molecule has 0 aliphatic heterocycles. The Morgan fingerprint density at radius 1 is 1.08 bits per heavy atom. The van der Waals surface area contributed by atoms with Crippen molar-refractivity contribution in [3.63, 3.8) is 0 Å². The zero-order chi connectivity index (χ0) is 27.4. The Balaban J connectivity index is 1.53. The van der Waals surface area contributed by atoms with Gasteiger partial charge in [-0.1, -0.05) is 60.5 Å². The second-order valence-corrected chi connectivity index (χ2v) is 11.5. The second-order valence-electron chi connectivity index (χ2n) is 10.1. The number of hydrogen-bond acceptors (Lipinski definition) is 4. The Kier molecular flexibility index (Phi) is 8.63. The van der Waals surface area contributed by atoms with Gasteiger partial charge in [0.05, 0.1) is 16.5 Å². The summed E-state index contributed by atoms with van der Waals surface area (Å²) in [6.45, 7) is 7.98. The van der Waals surface area contributed by atoms with Gasteiger partial charge in [0, 0.05) is 45.5 Å². The lowest BCUT2D eigenvalue weighted by Crippen LogP contribution is -2.40. The van der Waals surface area contributed by atoms with Crippen LogP contribution in [0.4, 0.5) is 0 Å². The Hall–Kier alpha value is -3.23. The fourth-order valence-electron chi connectivity index (χ4n) is 5.57. The smallest absolute Gasteiger partial charge is 0.124 e. The monoisotopic (exact) mass is 554 g/mol. The fraction of sp³-hybridized carbons (Fsp3) is 0.294. The third kappa shape index (κ3) is 5.87. The van der Waals surface area contributed by atoms with E-state index in [1.54, 1.807) is 11.3 Å². The third-order valence-electron chi connectivity index (χ3n) is 7.78. The average molecular weight is 555 g/mol. The van der Waals surface area contributed by atoms with Gasteiger partial charge in [0.15, 0.2) is 0 Å². The van der Waals surface area contributed by atoms with E-state index in [0.29, 0.717) is 25.2 Å². The predicted molar refractivity (Wildman–Crippen MR) is 167 cm³/mol. The molecule has 1 fully saturated rings. The molecule has 0 atom stereocenters. The van der Waals surface area contributed by atoms with E-state index >= 15 is 0 Å². The SMILES string of the molecule is C#Cc1ccc(-c2ccc(OCC)c(CN(C(=C)c3sc4ccccc4c3Cl)[C@H]3CC[C@H](NC)CC3)c2)cc1. The van der Waals surface area contributed by atoms with E-state index in [9.17, 15) is 0 Å². The fourth-order valence-corrected chi connectivity index (χ4v) is 7.10. The number of fused-ring (bicyclic) bond motifs is 1. The first-order valence-electron chi connectivity index (χ1n) is 13.6. The summed E-state index contributed by atoms with van der Waals surface area (Å²) in [7, 11) is 2.06. The number of nitrogens with zero attached hydrogens (tertiary/aromatic N) is 1. The van der Waals surface area contributed by atoms with Crippen LogP contribution >= 0.6 is 22.9 Å². The molecule has 0 spiro atoms. The van der Waals surface area contributed by atoms with E-state index in [1.165, 1.54) is 4.70 Å². The molecule has 3 aromatic carbocycles. The molecule has 0 unspecified atom stereocenters. The minimum atomic E-state index is 0.372. The summed E-state index contributed by atoms with van der Waals surface area (Å²) in [5.74, 6) is 3.61. The van der Waals surface area contributed by atoms with Gasteiger partial charge in [0.1, 0.15) is 5.75 Å². The van der Waals surface area contributed by atoms with Crippen LogP contribution in [0.15, 0.2) is 73.3 Å². The maximum atomic E-state index is 6.97. The lowest BCUT2D eigenvalue weighted by atomic mass is 9.89. The van der Waals surface area contributed by atoms with Gasteiger partial charge in [0.25, 0.3) is 0 Å². The van der Waals surface area contributed by atoms with Crippen molar-refractivity contribution in [2.45, 2.75) is 51.2 Å². The van der Waals surface area contributed by atoms with Crippen molar-refractivity contribution in [1.82, 2.24) is 10.2 Å². The van der Waals surface area contributed by atoms with E-state index in [4.69, 9.17) is 22.8 Å². The van der Waals surface area contributed by atoms with Gasteiger partial charge in [-0.05, 0) is 81.1 Å². The van der Waals surface area contributed by atoms with Crippen LogP contribution < -0.4 is 10.1 Å². The van der Waals surface area contributed by atoms with Crippen molar-refractivity contribution < 1.29 is 4.74 Å². The zero-order valence-corrected chi connectivity index (χ0v) is 24.2. The first-order chi connectivity index (χ1) is 19.0. The predicted octanol–water partition coefficient (Wildman–Crippen LogP) is 8.61. The number of hydrogen-bond donors (Lipinski definition) is 1. The Labute approximate surface area is 241 Å². The molecular weight excluding hydrogens is 520 g/mol. The van der Waals surface area contributed by atoms with Crippen molar-refractivity contribution in [1.29, 1.82) is 0 Å². The highest BCUT2D eigenvalue weighted by molar-refractivity contribution is 7.20. The number of thiophene rings is 1. The van der Waals surface area contributed by atoms with Gasteiger partial charge in [-0.3, -0.25) is 0 Å². The molecule has 1 aromatic heterocycles. The van der Waals surface area contributed by atoms with Gasteiger partial charge < -0.3 is 15.0 Å². The van der Waals surface area contributed by atoms with Crippen LogP contribution in [-0.4, -0.2) is 30.6 Å². The van der Waals surface area contributed by atoms with E-state index < -0.39 is 0 Å². The molecule has 0 saturated heterocycles. The van der Waals surface area contributed by atoms with Crippen molar-refractivity contribution in [3.05, 3.63) is 94.3 Å². The Morgan fingerprint density at radius 3 is 2.46 bits per heavy atom. The zero-order valence-electron chi connectivity index (χ0n) is 22.7. The van der Waals surface area contributed by atoms with E-state index in [2.05, 4.69) is 78.3 Å². The summed E-state index contributed by atoms with van der Waals surface area (Å²) in [6, 6.07) is 23.9. The third-order valence-corrected chi connectivity index (χ3v) is 9.50. The summed E-state index contributed by atoms with van der Waals surface area (Å²) < 4.78 is 7.31. The molecule has 0 bridgehead atoms. The van der Waals surface area contributed by atoms with Gasteiger partial charge >= 0.3 is 0 Å². The summed E-state index contributed by atoms with van der Waals surface area (Å²) in [5, 5.41) is 5.35. The van der Waals surface area contributed by atoms with Crippen LogP contribution in [0.25, 0.3) is 26.9 Å². The highest BCUT2D eigenvalue weighted by atomic mass is 35.5. The highest BCUT2D eigenvalue weighted by Gasteiger charge is 2.29. The standard InChI is InChI=1S/C34H35ClN2OS/c1-5-24-11-13-25(14-12-24)26-15-20-31(38-6-2)27(21-26)22-37(29-18-16-28(36-4)17-19-29)23(3)34-33(35)30-9-7-8-10-32(30)39-34/h1,7-15,20-21,28-29,36H,3,6,16-19,22H2,2,4H3/t28-,29-. The average Bonchev–Trinajstić information content (AvgIpc) is 3.33. The van der Waals surface area contributed by atoms with E-state index in [0.717, 1.165) is 74.7 Å². The van der Waals surface area contributed by atoms with Crippen molar-refractivity contribution in [2.24, 2.45) is 0 Å². The second kappa shape index (κ2) is 12.3. The minimum absolute atomic E-state index is 0.372. The van der Waals surface area contributed by atoms with Gasteiger partial charge in [-0.25, -0.2) is 0 Å². The molecule has 3 nitrogen and oxygen atoms in total. The van der Waals surface area contributed by atoms with E-state index in [-0.39, 0.29) is 0 Å². The molecule has 4 aromatic rings. The quantitative estimate of drug-likeness (QED) is 0.210. The first kappa shape index (κ1) is 27.3. The van der Waals surface area contributed by atoms with Crippen LogP contribution in [-0.2, 0) is 6.54 Å². The lowest BCUT2D eigenvalue weighted by Gasteiger charge is -2.39. The highest BCUT2D eigenvalue weighted by Crippen LogP contribution is 2.42. The van der Waals surface area contributed by atoms with Crippen LogP contribution in [0.1, 0.15) is 48.6 Å². The topological polar surface area (TPSA) is 24.5 Å². The molecule has 0 amide bonds. The number of terminal acetylenes is 1. The van der Waals surface area contributed by atoms with Crippen LogP contribution in [0.3, 0.4) is 0 Å². The normalized spacial score (nSPS) is 17.1. The molecule has 5 heteroatoms. The van der Waals surface area contributed by atoms with Crippen molar-refractivity contribution in [2.75, 3.05) is 13.7 Å². The number of halogens is 1. The molecule has 0 radical (unpaired) electrons. The number of benzene rings is 3. The molecule has 1 aliphatic rings. The van der Waals surface area contributed by atoms with Crippen molar-refractivity contribution in [3.8, 4) is 29.2 Å². The van der Waals surface area contributed by atoms with Gasteiger partial charge in [0.2, 0.25) is 0 Å². The first-order valence-corrected chi connectivity index (χ1v) is 14.8. The van der Waals surface area contributed by atoms with E-state index in [1.807, 2.05) is 25.1 Å². The van der Waals surface area contributed by atoms with Crippen LogP contribution in [0, 0.1) is 12.3 Å². The minimum Gasteiger partial charge on any atom is -0.494 e. The molecule has 1 heterocycles. The largest absolute Gasteiger partial charge is 0.494 e. The number of nitrogens with one attached hydrogen (secondary N) is 1. The molecule has 1 N–H and O–H groups in total. The maximum Gasteiger partial charge on any atom is 0.124 e. The Bertz CT molecular complexity index is 1490. The van der Waals surface area contributed by atoms with Crippen LogP contribution in [0.5, 0.6) is 5.75 Å². The molecular formula is C34H35ClN2OS. The molecule has 200 valence electrons. The molecule has 39 heavy (non-hydrogen) atoms. The number of ether oxygens (including phenoxy) is 1. The molecule has 5 rings (SSSR count). The summed E-state index contributed by atoms with van der Waals surface area (Å²) in [6.07, 6.45) is 10.1. The lowest BCUT2D eigenvalue weighted by molar-refractivity contribution is 0.203.